The van der Waals surface area contributed by atoms with Gasteiger partial charge in [-0.15, -0.1) is 12.4 Å². The van der Waals surface area contributed by atoms with E-state index in [0.717, 1.165) is 25.1 Å². The average molecular weight is 241 g/mol. The molecule has 0 saturated carbocycles. The van der Waals surface area contributed by atoms with Gasteiger partial charge in [0, 0.05) is 24.3 Å². The van der Waals surface area contributed by atoms with Gasteiger partial charge in [-0.3, -0.25) is 4.79 Å². The van der Waals surface area contributed by atoms with Crippen LogP contribution < -0.4 is 10.6 Å². The number of fused-ring (bicyclic) bond motifs is 1. The van der Waals surface area contributed by atoms with Gasteiger partial charge in [-0.25, -0.2) is 0 Å². The molecule has 1 aromatic carbocycles. The molecular formula is C12H17ClN2O. The molecule has 2 rings (SSSR count). The van der Waals surface area contributed by atoms with Gasteiger partial charge in [-0.1, -0.05) is 6.92 Å². The molecule has 0 spiro atoms. The standard InChI is InChI=1S/C12H16N2O.ClH/c1-2-12(15)14-10-5-6-11-9(8-10)4-3-7-13-11;/h5-6,8,13H,2-4,7H2,1H3,(H,14,15);1H. The molecule has 3 nitrogen and oxygen atoms in total. The average Bonchev–Trinajstić information content (AvgIpc) is 2.29. The minimum atomic E-state index is 0. The van der Waals surface area contributed by atoms with E-state index in [1.165, 1.54) is 11.3 Å². The first-order valence-corrected chi connectivity index (χ1v) is 5.46. The molecule has 1 aromatic rings. The molecule has 2 N–H and O–H groups in total. The summed E-state index contributed by atoms with van der Waals surface area (Å²) in [5.41, 5.74) is 3.41. The maximum Gasteiger partial charge on any atom is 0.224 e. The van der Waals surface area contributed by atoms with Crippen LogP contribution in [0.1, 0.15) is 25.3 Å². The molecule has 88 valence electrons. The predicted octanol–water partition coefficient (Wildman–Crippen LogP) is 2.82. The second-order valence-electron chi connectivity index (χ2n) is 3.80. The van der Waals surface area contributed by atoms with Crippen LogP contribution in [0.25, 0.3) is 0 Å². The maximum absolute atomic E-state index is 11.2. The van der Waals surface area contributed by atoms with Crippen molar-refractivity contribution in [2.24, 2.45) is 0 Å². The van der Waals surface area contributed by atoms with Crippen LogP contribution in [0.3, 0.4) is 0 Å². The highest BCUT2D eigenvalue weighted by Gasteiger charge is 2.09. The number of nitrogens with one attached hydrogen (secondary N) is 2. The summed E-state index contributed by atoms with van der Waals surface area (Å²) in [6.45, 7) is 2.91. The lowest BCUT2D eigenvalue weighted by molar-refractivity contribution is -0.115. The Morgan fingerprint density at radius 3 is 3.06 bits per heavy atom. The van der Waals surface area contributed by atoms with Crippen LogP contribution in [0, 0.1) is 0 Å². The summed E-state index contributed by atoms with van der Waals surface area (Å²) in [6, 6.07) is 6.06. The van der Waals surface area contributed by atoms with Crippen molar-refractivity contribution >= 4 is 29.7 Å². The van der Waals surface area contributed by atoms with Crippen LogP contribution in [0.2, 0.25) is 0 Å². The first kappa shape index (κ1) is 12.8. The van der Waals surface area contributed by atoms with Gasteiger partial charge >= 0.3 is 0 Å². The number of halogens is 1. The Morgan fingerprint density at radius 2 is 2.31 bits per heavy atom. The second-order valence-corrected chi connectivity index (χ2v) is 3.80. The number of carbonyl (C=O) groups excluding carboxylic acids is 1. The summed E-state index contributed by atoms with van der Waals surface area (Å²) < 4.78 is 0. The minimum absolute atomic E-state index is 0. The molecule has 0 fully saturated rings. The molecule has 4 heteroatoms. The summed E-state index contributed by atoms with van der Waals surface area (Å²) in [6.07, 6.45) is 2.78. The van der Waals surface area contributed by atoms with Crippen molar-refractivity contribution in [1.29, 1.82) is 0 Å². The Bertz CT molecular complexity index is 379. The lowest BCUT2D eigenvalue weighted by atomic mass is 10.0. The molecule has 0 aromatic heterocycles. The first-order chi connectivity index (χ1) is 7.29. The van der Waals surface area contributed by atoms with E-state index in [4.69, 9.17) is 0 Å². The molecule has 0 atom stereocenters. The van der Waals surface area contributed by atoms with E-state index in [0.29, 0.717) is 6.42 Å². The van der Waals surface area contributed by atoms with E-state index in [2.05, 4.69) is 16.7 Å². The Kier molecular flexibility index (Phi) is 4.62. The van der Waals surface area contributed by atoms with Crippen LogP contribution >= 0.6 is 12.4 Å². The van der Waals surface area contributed by atoms with Gasteiger partial charge < -0.3 is 10.6 Å². The zero-order valence-corrected chi connectivity index (χ0v) is 10.2. The quantitative estimate of drug-likeness (QED) is 0.835. The van der Waals surface area contributed by atoms with E-state index in [1.807, 2.05) is 19.1 Å². The lowest BCUT2D eigenvalue weighted by Crippen LogP contribution is -2.13. The number of aryl methyl sites for hydroxylation is 1. The smallest absolute Gasteiger partial charge is 0.224 e. The van der Waals surface area contributed by atoms with Crippen molar-refractivity contribution in [3.8, 4) is 0 Å². The fourth-order valence-electron chi connectivity index (χ4n) is 1.80. The van der Waals surface area contributed by atoms with E-state index in [-0.39, 0.29) is 18.3 Å². The number of amides is 1. The van der Waals surface area contributed by atoms with Crippen LogP contribution in [-0.2, 0) is 11.2 Å². The Hall–Kier alpha value is -1.22. The molecule has 0 radical (unpaired) electrons. The normalized spacial score (nSPS) is 13.1. The first-order valence-electron chi connectivity index (χ1n) is 5.46. The van der Waals surface area contributed by atoms with E-state index < -0.39 is 0 Å². The van der Waals surface area contributed by atoms with Gasteiger partial charge in [0.15, 0.2) is 0 Å². The number of hydrogen-bond acceptors (Lipinski definition) is 2. The number of rotatable bonds is 2. The van der Waals surface area contributed by atoms with Gasteiger partial charge in [0.2, 0.25) is 5.91 Å². The Balaban J connectivity index is 0.00000128. The third-order valence-corrected chi connectivity index (χ3v) is 2.65. The van der Waals surface area contributed by atoms with Crippen molar-refractivity contribution in [2.75, 3.05) is 17.2 Å². The fraction of sp³-hybridized carbons (Fsp3) is 0.417. The van der Waals surface area contributed by atoms with Crippen molar-refractivity contribution in [2.45, 2.75) is 26.2 Å². The highest BCUT2D eigenvalue weighted by molar-refractivity contribution is 5.90. The van der Waals surface area contributed by atoms with E-state index in [9.17, 15) is 4.79 Å². The van der Waals surface area contributed by atoms with Crippen LogP contribution in [-0.4, -0.2) is 12.5 Å². The molecule has 1 amide bonds. The molecular weight excluding hydrogens is 224 g/mol. The number of benzene rings is 1. The number of anilines is 2. The predicted molar refractivity (Wildman–Crippen MR) is 69.4 cm³/mol. The van der Waals surface area contributed by atoms with Crippen molar-refractivity contribution in [3.05, 3.63) is 23.8 Å². The van der Waals surface area contributed by atoms with E-state index in [1.54, 1.807) is 0 Å². The second kappa shape index (κ2) is 5.75. The Morgan fingerprint density at radius 1 is 1.50 bits per heavy atom. The molecule has 1 heterocycles. The molecule has 0 saturated heterocycles. The zero-order valence-electron chi connectivity index (χ0n) is 9.38. The lowest BCUT2D eigenvalue weighted by Gasteiger charge is -2.18. The minimum Gasteiger partial charge on any atom is -0.385 e. The van der Waals surface area contributed by atoms with Gasteiger partial charge in [-0.2, -0.15) is 0 Å². The summed E-state index contributed by atoms with van der Waals surface area (Å²) in [7, 11) is 0. The van der Waals surface area contributed by atoms with Gasteiger partial charge in [-0.05, 0) is 36.6 Å². The van der Waals surface area contributed by atoms with Gasteiger partial charge in [0.05, 0.1) is 0 Å². The third kappa shape index (κ3) is 2.89. The summed E-state index contributed by atoms with van der Waals surface area (Å²) in [5, 5.41) is 6.22. The van der Waals surface area contributed by atoms with Crippen molar-refractivity contribution in [1.82, 2.24) is 0 Å². The monoisotopic (exact) mass is 240 g/mol. The zero-order chi connectivity index (χ0) is 10.7. The topological polar surface area (TPSA) is 41.1 Å². The molecule has 0 unspecified atom stereocenters. The molecule has 16 heavy (non-hydrogen) atoms. The summed E-state index contributed by atoms with van der Waals surface area (Å²) >= 11 is 0. The van der Waals surface area contributed by atoms with Crippen molar-refractivity contribution in [3.63, 3.8) is 0 Å². The van der Waals surface area contributed by atoms with Crippen molar-refractivity contribution < 1.29 is 4.79 Å². The SMILES string of the molecule is CCC(=O)Nc1ccc2c(c1)CCCN2.Cl. The van der Waals surface area contributed by atoms with Crippen LogP contribution in [0.15, 0.2) is 18.2 Å². The fourth-order valence-corrected chi connectivity index (χ4v) is 1.80. The molecule has 0 aliphatic carbocycles. The Labute approximate surface area is 102 Å². The number of hydrogen-bond donors (Lipinski definition) is 2. The van der Waals surface area contributed by atoms with Gasteiger partial charge in [0.1, 0.15) is 0 Å². The molecule has 1 aliphatic rings. The highest BCUT2D eigenvalue weighted by atomic mass is 35.5. The third-order valence-electron chi connectivity index (χ3n) is 2.65. The molecule has 1 aliphatic heterocycles. The van der Waals surface area contributed by atoms with Crippen LogP contribution in [0.5, 0.6) is 0 Å². The molecule has 0 bridgehead atoms. The summed E-state index contributed by atoms with van der Waals surface area (Å²) in [5.74, 6) is 0.0683. The van der Waals surface area contributed by atoms with Gasteiger partial charge in [0.25, 0.3) is 0 Å². The number of carbonyl (C=O) groups is 1. The largest absolute Gasteiger partial charge is 0.385 e. The van der Waals surface area contributed by atoms with E-state index >= 15 is 0 Å². The van der Waals surface area contributed by atoms with Crippen LogP contribution in [0.4, 0.5) is 11.4 Å². The summed E-state index contributed by atoms with van der Waals surface area (Å²) in [4.78, 5) is 11.2. The highest BCUT2D eigenvalue weighted by Crippen LogP contribution is 2.25. The maximum atomic E-state index is 11.2.